The lowest BCUT2D eigenvalue weighted by molar-refractivity contribution is -0.385. The average Bonchev–Trinajstić information content (AvgIpc) is 2.96. The molecule has 1 N–H and O–H groups in total. The van der Waals surface area contributed by atoms with Crippen molar-refractivity contribution in [2.45, 2.75) is 38.9 Å². The van der Waals surface area contributed by atoms with E-state index < -0.39 is 19.6 Å². The Kier molecular flexibility index (Phi) is 7.06. The Bertz CT molecular complexity index is 811. The molecular weight excluding hydrogens is 444 g/mol. The lowest BCUT2D eigenvalue weighted by Gasteiger charge is -2.14. The molecule has 27 heavy (non-hydrogen) atoms. The molecule has 0 radical (unpaired) electrons. The molecule has 0 unspecified atom stereocenters. The van der Waals surface area contributed by atoms with E-state index in [2.05, 4.69) is 50.5 Å². The van der Waals surface area contributed by atoms with Gasteiger partial charge >= 0.3 is 12.3 Å². The van der Waals surface area contributed by atoms with Gasteiger partial charge in [-0.05, 0) is 24.2 Å². The van der Waals surface area contributed by atoms with Gasteiger partial charge in [0.25, 0.3) is 0 Å². The molecule has 0 saturated heterocycles. The van der Waals surface area contributed by atoms with Crippen molar-refractivity contribution < 1.29 is 23.2 Å². The first-order chi connectivity index (χ1) is 12.6. The van der Waals surface area contributed by atoms with Crippen LogP contribution in [0.3, 0.4) is 0 Å². The number of nitrogens with one attached hydrogen (secondary N) is 1. The minimum Gasteiger partial charge on any atom is -0.434 e. The number of H-pyrrole nitrogens is 1. The second-order valence-electron chi connectivity index (χ2n) is 7.04. The zero-order valence-electron chi connectivity index (χ0n) is 15.1. The number of halogens is 3. The van der Waals surface area contributed by atoms with Gasteiger partial charge in [-0.3, -0.25) is 15.2 Å². The monoisotopic (exact) mass is 463 g/mol. The summed E-state index contributed by atoms with van der Waals surface area (Å²) >= 11 is 3.23. The van der Waals surface area contributed by atoms with Crippen molar-refractivity contribution in [3.63, 3.8) is 0 Å². The van der Waals surface area contributed by atoms with E-state index in [1.165, 1.54) is 18.2 Å². The molecule has 1 aromatic heterocycles. The molecule has 0 fully saturated rings. The molecule has 0 spiro atoms. The van der Waals surface area contributed by atoms with Gasteiger partial charge < -0.3 is 9.47 Å². The van der Waals surface area contributed by atoms with E-state index in [4.69, 9.17) is 4.74 Å². The van der Waals surface area contributed by atoms with E-state index in [1.54, 1.807) is 0 Å². The topological polar surface area (TPSA) is 90.3 Å². The molecule has 0 amide bonds. The third-order valence-electron chi connectivity index (χ3n) is 3.65. The van der Waals surface area contributed by atoms with Gasteiger partial charge in [-0.2, -0.15) is 13.9 Å². The number of nitro groups is 1. The highest BCUT2D eigenvalue weighted by molar-refractivity contribution is 9.10. The molecule has 2 rings (SSSR count). The summed E-state index contributed by atoms with van der Waals surface area (Å²) in [6.07, 6.45) is 0. The number of nitrogens with zero attached hydrogens (tertiary/aromatic N) is 2. The predicted molar refractivity (Wildman–Crippen MR) is 103 cm³/mol. The first kappa shape index (κ1) is 21.4. The van der Waals surface area contributed by atoms with Crippen LogP contribution in [-0.4, -0.2) is 36.4 Å². The minimum absolute atomic E-state index is 0.0210. The Hall–Kier alpha value is -1.85. The lowest BCUT2D eigenvalue weighted by Crippen LogP contribution is -2.21. The second kappa shape index (κ2) is 8.89. The molecule has 7 nitrogen and oxygen atoms in total. The van der Waals surface area contributed by atoms with Gasteiger partial charge in [-0.15, -0.1) is 0 Å². The Morgan fingerprint density at radius 2 is 2.07 bits per heavy atom. The highest BCUT2D eigenvalue weighted by Gasteiger charge is 2.28. The van der Waals surface area contributed by atoms with Gasteiger partial charge in [0.2, 0.25) is 0 Å². The van der Waals surface area contributed by atoms with Crippen LogP contribution in [0.1, 0.15) is 5.69 Å². The predicted octanol–water partition coefficient (Wildman–Crippen LogP) is 5.20. The number of aromatic nitrogens is 2. The quantitative estimate of drug-likeness (QED) is 0.238. The minimum atomic E-state index is -3.06. The molecule has 0 atom stereocenters. The van der Waals surface area contributed by atoms with Crippen LogP contribution in [-0.2, 0) is 11.3 Å². The third kappa shape index (κ3) is 6.08. The maximum Gasteiger partial charge on any atom is 0.387 e. The maximum atomic E-state index is 12.7. The van der Waals surface area contributed by atoms with Crippen molar-refractivity contribution in [2.75, 3.05) is 6.61 Å². The Morgan fingerprint density at radius 1 is 1.37 bits per heavy atom. The second-order valence-corrected chi connectivity index (χ2v) is 13.6. The van der Waals surface area contributed by atoms with E-state index in [9.17, 15) is 18.9 Å². The summed E-state index contributed by atoms with van der Waals surface area (Å²) in [5.74, 6) is -0.200. The molecule has 1 aromatic carbocycles. The molecule has 0 aliphatic rings. The largest absolute Gasteiger partial charge is 0.434 e. The summed E-state index contributed by atoms with van der Waals surface area (Å²) in [6, 6.07) is 5.16. The number of alkyl halides is 2. The van der Waals surface area contributed by atoms with E-state index in [-0.39, 0.29) is 35.0 Å². The molecule has 0 aliphatic carbocycles. The summed E-state index contributed by atoms with van der Waals surface area (Å²) in [7, 11) is -1.29. The summed E-state index contributed by atoms with van der Waals surface area (Å²) in [5.41, 5.74) is -0.143. The van der Waals surface area contributed by atoms with Crippen molar-refractivity contribution >= 4 is 29.7 Å². The number of rotatable bonds is 9. The van der Waals surface area contributed by atoms with Crippen LogP contribution in [0.15, 0.2) is 22.7 Å². The van der Waals surface area contributed by atoms with Crippen LogP contribution in [0.5, 0.6) is 5.75 Å². The van der Waals surface area contributed by atoms with Gasteiger partial charge in [0.15, 0.2) is 5.69 Å². The fourth-order valence-electron chi connectivity index (χ4n) is 2.30. The average molecular weight is 464 g/mol. The van der Waals surface area contributed by atoms with Gasteiger partial charge in [0.05, 0.1) is 17.1 Å². The van der Waals surface area contributed by atoms with Gasteiger partial charge in [0.1, 0.15) is 11.4 Å². The number of aromatic amines is 1. The van der Waals surface area contributed by atoms with Gasteiger partial charge in [-0.1, -0.05) is 35.6 Å². The Balaban J connectivity index is 2.32. The van der Waals surface area contributed by atoms with Crippen LogP contribution in [0.25, 0.3) is 11.3 Å². The fraction of sp³-hybridized carbons (Fsp3) is 0.438. The molecule has 0 aliphatic heterocycles. The molecule has 0 saturated carbocycles. The zero-order valence-corrected chi connectivity index (χ0v) is 17.7. The summed E-state index contributed by atoms with van der Waals surface area (Å²) in [4.78, 5) is 11.0. The summed E-state index contributed by atoms with van der Waals surface area (Å²) in [5, 5.41) is 18.1. The molecule has 1 heterocycles. The fourth-order valence-corrected chi connectivity index (χ4v) is 3.41. The number of hydrogen-bond acceptors (Lipinski definition) is 5. The van der Waals surface area contributed by atoms with Crippen LogP contribution >= 0.6 is 15.9 Å². The van der Waals surface area contributed by atoms with Crippen molar-refractivity contribution in [3.8, 4) is 17.0 Å². The van der Waals surface area contributed by atoms with Crippen LogP contribution < -0.4 is 4.74 Å². The first-order valence-electron chi connectivity index (χ1n) is 8.12. The normalized spacial score (nSPS) is 11.8. The molecule has 2 aromatic rings. The first-order valence-corrected chi connectivity index (χ1v) is 12.6. The maximum absolute atomic E-state index is 12.7. The van der Waals surface area contributed by atoms with Gasteiger partial charge in [0, 0.05) is 19.2 Å². The van der Waals surface area contributed by atoms with E-state index in [0.717, 1.165) is 6.04 Å². The summed E-state index contributed by atoms with van der Waals surface area (Å²) < 4.78 is 35.9. The molecule has 11 heteroatoms. The molecule has 148 valence electrons. The molecular formula is C16H20BrF2N3O4Si. The van der Waals surface area contributed by atoms with E-state index in [1.807, 2.05) is 0 Å². The number of ether oxygens (including phenoxy) is 2. The standard InChI is InChI=1S/C16H20BrF2N3O4Si/c1-27(2,3)7-6-25-9-12-15(22(23)24)14(21-20-12)11-8-10(17)4-5-13(11)26-16(18)19/h4-5,8,16H,6-7,9H2,1-3H3,(H,20,21). The smallest absolute Gasteiger partial charge is 0.387 e. The van der Waals surface area contributed by atoms with Crippen molar-refractivity contribution in [1.82, 2.24) is 10.2 Å². The van der Waals surface area contributed by atoms with Crippen LogP contribution in [0, 0.1) is 10.1 Å². The number of hydrogen-bond donors (Lipinski definition) is 1. The third-order valence-corrected chi connectivity index (χ3v) is 5.85. The SMILES string of the molecule is C[Si](C)(C)CCOCc1[nH]nc(-c2cc(Br)ccc2OC(F)F)c1[N+](=O)[O-]. The highest BCUT2D eigenvalue weighted by Crippen LogP contribution is 2.39. The van der Waals surface area contributed by atoms with Crippen LogP contribution in [0.2, 0.25) is 25.7 Å². The van der Waals surface area contributed by atoms with Crippen molar-refractivity contribution in [1.29, 1.82) is 0 Å². The van der Waals surface area contributed by atoms with E-state index in [0.29, 0.717) is 11.1 Å². The zero-order chi connectivity index (χ0) is 20.2. The highest BCUT2D eigenvalue weighted by atomic mass is 79.9. The van der Waals surface area contributed by atoms with Crippen molar-refractivity contribution in [2.24, 2.45) is 0 Å². The Labute approximate surface area is 164 Å². The Morgan fingerprint density at radius 3 is 2.67 bits per heavy atom. The lowest BCUT2D eigenvalue weighted by atomic mass is 10.1. The van der Waals surface area contributed by atoms with E-state index >= 15 is 0 Å². The summed E-state index contributed by atoms with van der Waals surface area (Å²) in [6.45, 7) is 4.00. The van der Waals surface area contributed by atoms with Gasteiger partial charge in [-0.25, -0.2) is 0 Å². The van der Waals surface area contributed by atoms with Crippen LogP contribution in [0.4, 0.5) is 14.5 Å². The van der Waals surface area contributed by atoms with Crippen molar-refractivity contribution in [3.05, 3.63) is 38.5 Å². The number of benzene rings is 1. The molecule has 0 bridgehead atoms.